The molecule has 31 heavy (non-hydrogen) atoms. The number of piperazine rings is 1. The lowest BCUT2D eigenvalue weighted by Gasteiger charge is -2.36. The molecule has 0 aliphatic carbocycles. The highest BCUT2D eigenvalue weighted by atomic mass is 16.5. The molecule has 0 unspecified atom stereocenters. The normalized spacial score (nSPS) is 17.7. The first-order valence-electron chi connectivity index (χ1n) is 11.0. The van der Waals surface area contributed by atoms with Crippen molar-refractivity contribution in [1.29, 1.82) is 0 Å². The molecule has 1 N–H and O–H groups in total. The second-order valence-electron chi connectivity index (χ2n) is 8.09. The van der Waals surface area contributed by atoms with Crippen LogP contribution in [-0.4, -0.2) is 77.7 Å². The number of nitrogens with zero attached hydrogens (tertiary/aromatic N) is 5. The SMILES string of the molecule is CCNC(=O)N1CCN(c2ccc(-c3noc(C4CCN(C(C)=O)CC4)n3)cc2)CC1. The molecule has 2 saturated heterocycles. The van der Waals surface area contributed by atoms with E-state index in [9.17, 15) is 9.59 Å². The number of aromatic nitrogens is 2. The number of anilines is 1. The van der Waals surface area contributed by atoms with E-state index in [1.54, 1.807) is 6.92 Å². The monoisotopic (exact) mass is 426 g/mol. The zero-order valence-corrected chi connectivity index (χ0v) is 18.2. The quantitative estimate of drug-likeness (QED) is 0.806. The van der Waals surface area contributed by atoms with Crippen LogP contribution in [0.2, 0.25) is 0 Å². The molecule has 0 bridgehead atoms. The molecule has 2 aliphatic rings. The third-order valence-electron chi connectivity index (χ3n) is 6.12. The number of urea groups is 1. The van der Waals surface area contributed by atoms with Gasteiger partial charge < -0.3 is 24.5 Å². The molecule has 3 heterocycles. The van der Waals surface area contributed by atoms with Crippen LogP contribution in [0.5, 0.6) is 0 Å². The Morgan fingerprint density at radius 3 is 2.32 bits per heavy atom. The van der Waals surface area contributed by atoms with Gasteiger partial charge in [-0.05, 0) is 44.0 Å². The predicted molar refractivity (Wildman–Crippen MR) is 117 cm³/mol. The van der Waals surface area contributed by atoms with E-state index in [-0.39, 0.29) is 17.9 Å². The highest BCUT2D eigenvalue weighted by Gasteiger charge is 2.26. The highest BCUT2D eigenvalue weighted by Crippen LogP contribution is 2.29. The number of carbonyl (C=O) groups is 2. The Bertz CT molecular complexity index is 896. The second kappa shape index (κ2) is 9.36. The van der Waals surface area contributed by atoms with E-state index in [2.05, 4.69) is 32.5 Å². The number of likely N-dealkylation sites (tertiary alicyclic amines) is 1. The summed E-state index contributed by atoms with van der Waals surface area (Å²) in [4.78, 5) is 34.1. The number of rotatable bonds is 4. The van der Waals surface area contributed by atoms with E-state index in [1.807, 2.05) is 28.9 Å². The van der Waals surface area contributed by atoms with Gasteiger partial charge in [0.05, 0.1) is 0 Å². The summed E-state index contributed by atoms with van der Waals surface area (Å²) in [5.74, 6) is 1.58. The fraction of sp³-hybridized carbons (Fsp3) is 0.545. The summed E-state index contributed by atoms with van der Waals surface area (Å²) >= 11 is 0. The Labute approximate surface area is 182 Å². The molecule has 2 aliphatic heterocycles. The molecule has 2 aromatic rings. The molecule has 0 saturated carbocycles. The van der Waals surface area contributed by atoms with Gasteiger partial charge in [-0.25, -0.2) is 4.79 Å². The molecule has 0 atom stereocenters. The van der Waals surface area contributed by atoms with Gasteiger partial charge in [0.2, 0.25) is 17.6 Å². The van der Waals surface area contributed by atoms with Gasteiger partial charge in [-0.1, -0.05) is 5.16 Å². The molecule has 0 spiro atoms. The maximum Gasteiger partial charge on any atom is 0.317 e. The number of piperidine rings is 1. The van der Waals surface area contributed by atoms with E-state index >= 15 is 0 Å². The Balaban J connectivity index is 1.34. The number of benzene rings is 1. The molecular weight excluding hydrogens is 396 g/mol. The van der Waals surface area contributed by atoms with Crippen molar-refractivity contribution in [2.75, 3.05) is 50.7 Å². The molecule has 4 rings (SSSR count). The average Bonchev–Trinajstić information content (AvgIpc) is 3.30. The highest BCUT2D eigenvalue weighted by molar-refractivity contribution is 5.74. The average molecular weight is 427 g/mol. The first kappa shape index (κ1) is 21.1. The van der Waals surface area contributed by atoms with Crippen molar-refractivity contribution in [1.82, 2.24) is 25.3 Å². The molecule has 1 aromatic heterocycles. The van der Waals surface area contributed by atoms with Gasteiger partial charge in [0.1, 0.15) is 0 Å². The van der Waals surface area contributed by atoms with Crippen LogP contribution in [0.3, 0.4) is 0 Å². The van der Waals surface area contributed by atoms with Gasteiger partial charge in [0, 0.05) is 69.9 Å². The topological polar surface area (TPSA) is 94.8 Å². The van der Waals surface area contributed by atoms with Crippen molar-refractivity contribution >= 4 is 17.6 Å². The van der Waals surface area contributed by atoms with Crippen molar-refractivity contribution in [2.45, 2.75) is 32.6 Å². The van der Waals surface area contributed by atoms with Gasteiger partial charge >= 0.3 is 6.03 Å². The van der Waals surface area contributed by atoms with Gasteiger partial charge in [0.15, 0.2) is 0 Å². The van der Waals surface area contributed by atoms with Crippen molar-refractivity contribution in [3.63, 3.8) is 0 Å². The molecular formula is C22H30N6O3. The van der Waals surface area contributed by atoms with Crippen LogP contribution in [0.15, 0.2) is 28.8 Å². The van der Waals surface area contributed by atoms with Crippen LogP contribution in [0.1, 0.15) is 38.5 Å². The first-order chi connectivity index (χ1) is 15.0. The van der Waals surface area contributed by atoms with Gasteiger partial charge in [-0.2, -0.15) is 4.98 Å². The second-order valence-corrected chi connectivity index (χ2v) is 8.09. The largest absolute Gasteiger partial charge is 0.368 e. The molecule has 0 radical (unpaired) electrons. The van der Waals surface area contributed by atoms with Crippen LogP contribution in [0.4, 0.5) is 10.5 Å². The summed E-state index contributed by atoms with van der Waals surface area (Å²) in [7, 11) is 0. The summed E-state index contributed by atoms with van der Waals surface area (Å²) in [6, 6.07) is 8.17. The third-order valence-corrected chi connectivity index (χ3v) is 6.12. The lowest BCUT2D eigenvalue weighted by Crippen LogP contribution is -2.51. The number of carbonyl (C=O) groups excluding carboxylic acids is 2. The van der Waals surface area contributed by atoms with Crippen LogP contribution in [0, 0.1) is 0 Å². The van der Waals surface area contributed by atoms with E-state index in [0.717, 1.165) is 50.3 Å². The lowest BCUT2D eigenvalue weighted by atomic mass is 9.97. The fourth-order valence-corrected chi connectivity index (χ4v) is 4.21. The minimum Gasteiger partial charge on any atom is -0.368 e. The number of hydrogen-bond acceptors (Lipinski definition) is 6. The fourth-order valence-electron chi connectivity index (χ4n) is 4.21. The van der Waals surface area contributed by atoms with Gasteiger partial charge in [-0.3, -0.25) is 4.79 Å². The summed E-state index contributed by atoms with van der Waals surface area (Å²) in [5.41, 5.74) is 2.04. The molecule has 9 nitrogen and oxygen atoms in total. The summed E-state index contributed by atoms with van der Waals surface area (Å²) in [6.45, 7) is 8.70. The van der Waals surface area contributed by atoms with Crippen LogP contribution in [-0.2, 0) is 4.79 Å². The Kier molecular flexibility index (Phi) is 6.39. The molecule has 2 fully saturated rings. The minimum atomic E-state index is 0.0115. The van der Waals surface area contributed by atoms with E-state index in [4.69, 9.17) is 4.52 Å². The van der Waals surface area contributed by atoms with E-state index in [0.29, 0.717) is 31.3 Å². The first-order valence-corrected chi connectivity index (χ1v) is 11.0. The Morgan fingerprint density at radius 1 is 1.03 bits per heavy atom. The van der Waals surface area contributed by atoms with Crippen LogP contribution in [0.25, 0.3) is 11.4 Å². The Morgan fingerprint density at radius 2 is 1.71 bits per heavy atom. The molecule has 9 heteroatoms. The van der Waals surface area contributed by atoms with Crippen LogP contribution >= 0.6 is 0 Å². The summed E-state index contributed by atoms with van der Waals surface area (Å²) < 4.78 is 5.54. The standard InChI is InChI=1S/C22H30N6O3/c1-3-23-22(30)28-14-12-27(13-15-28)19-6-4-17(5-7-19)20-24-21(31-25-20)18-8-10-26(11-9-18)16(2)29/h4-7,18H,3,8-15H2,1-2H3,(H,23,30). The van der Waals surface area contributed by atoms with Crippen molar-refractivity contribution in [2.24, 2.45) is 0 Å². The number of nitrogens with one attached hydrogen (secondary N) is 1. The van der Waals surface area contributed by atoms with E-state index in [1.165, 1.54) is 0 Å². The molecule has 166 valence electrons. The summed E-state index contributed by atoms with van der Waals surface area (Å²) in [5, 5.41) is 7.03. The van der Waals surface area contributed by atoms with Crippen LogP contribution < -0.4 is 10.2 Å². The maximum atomic E-state index is 12.0. The lowest BCUT2D eigenvalue weighted by molar-refractivity contribution is -0.129. The zero-order valence-electron chi connectivity index (χ0n) is 18.2. The van der Waals surface area contributed by atoms with E-state index < -0.39 is 0 Å². The Hall–Kier alpha value is -3.10. The number of amides is 3. The van der Waals surface area contributed by atoms with Crippen molar-refractivity contribution < 1.29 is 14.1 Å². The predicted octanol–water partition coefficient (Wildman–Crippen LogP) is 2.31. The molecule has 1 aromatic carbocycles. The van der Waals surface area contributed by atoms with Gasteiger partial charge in [-0.15, -0.1) is 0 Å². The van der Waals surface area contributed by atoms with Crippen molar-refractivity contribution in [3.8, 4) is 11.4 Å². The minimum absolute atomic E-state index is 0.0115. The smallest absolute Gasteiger partial charge is 0.317 e. The van der Waals surface area contributed by atoms with Gasteiger partial charge in [0.25, 0.3) is 0 Å². The maximum absolute atomic E-state index is 12.0. The molecule has 3 amide bonds. The third kappa shape index (κ3) is 4.81. The zero-order chi connectivity index (χ0) is 21.8. The summed E-state index contributed by atoms with van der Waals surface area (Å²) in [6.07, 6.45) is 1.70. The van der Waals surface area contributed by atoms with Crippen molar-refractivity contribution in [3.05, 3.63) is 30.2 Å². The number of hydrogen-bond donors (Lipinski definition) is 1.